The zero-order valence-corrected chi connectivity index (χ0v) is 19.0. The minimum Gasteiger partial charge on any atom is -0.444 e. The number of hydrogen-bond donors (Lipinski definition) is 0. The van der Waals surface area contributed by atoms with E-state index in [1.807, 2.05) is 60.6 Å². The quantitative estimate of drug-likeness (QED) is 0.729. The van der Waals surface area contributed by atoms with Crippen LogP contribution in [0.3, 0.4) is 0 Å². The monoisotopic (exact) mass is 405 g/mol. The topological polar surface area (TPSA) is 62.3 Å². The molecule has 0 aliphatic carbocycles. The van der Waals surface area contributed by atoms with Gasteiger partial charge in [-0.1, -0.05) is 0 Å². The molecular weight excluding hydrogens is 370 g/mol. The summed E-state index contributed by atoms with van der Waals surface area (Å²) in [6, 6.07) is 6.04. The van der Waals surface area contributed by atoms with E-state index in [-0.39, 0.29) is 12.2 Å². The summed E-state index contributed by atoms with van der Waals surface area (Å²) in [7, 11) is 1.72. The van der Waals surface area contributed by atoms with Gasteiger partial charge in [0.25, 0.3) is 0 Å². The number of ether oxygens (including phenoxy) is 2. The van der Waals surface area contributed by atoms with Gasteiger partial charge in [-0.2, -0.15) is 0 Å². The number of piperazine rings is 1. The Morgan fingerprint density at radius 1 is 0.897 bits per heavy atom. The van der Waals surface area contributed by atoms with Crippen molar-refractivity contribution < 1.29 is 19.1 Å². The maximum atomic E-state index is 12.4. The van der Waals surface area contributed by atoms with E-state index in [0.29, 0.717) is 26.2 Å². The summed E-state index contributed by atoms with van der Waals surface area (Å²) in [4.78, 5) is 30.2. The molecule has 7 nitrogen and oxygen atoms in total. The number of amides is 2. The second-order valence-electron chi connectivity index (χ2n) is 9.52. The van der Waals surface area contributed by atoms with Crippen molar-refractivity contribution in [1.29, 1.82) is 0 Å². The predicted molar refractivity (Wildman–Crippen MR) is 116 cm³/mol. The van der Waals surface area contributed by atoms with Gasteiger partial charge in [-0.05, 0) is 72.2 Å². The molecule has 0 aromatic heterocycles. The third-order valence-corrected chi connectivity index (χ3v) is 4.40. The summed E-state index contributed by atoms with van der Waals surface area (Å²) in [5.41, 5.74) is 1.83. The van der Waals surface area contributed by atoms with Gasteiger partial charge in [-0.25, -0.2) is 9.59 Å². The third kappa shape index (κ3) is 6.84. The number of nitrogens with zero attached hydrogens (tertiary/aromatic N) is 3. The fourth-order valence-corrected chi connectivity index (χ4v) is 3.03. The Balaban J connectivity index is 2.07. The van der Waals surface area contributed by atoms with Crippen molar-refractivity contribution in [3.8, 4) is 0 Å². The second kappa shape index (κ2) is 8.51. The van der Waals surface area contributed by atoms with Crippen LogP contribution in [0.5, 0.6) is 0 Å². The highest BCUT2D eigenvalue weighted by Crippen LogP contribution is 2.27. The van der Waals surface area contributed by atoms with Gasteiger partial charge in [0.1, 0.15) is 11.2 Å². The molecule has 0 atom stereocenters. The summed E-state index contributed by atoms with van der Waals surface area (Å²) in [6.07, 6.45) is -0.657. The van der Waals surface area contributed by atoms with Gasteiger partial charge >= 0.3 is 12.2 Å². The Kier molecular flexibility index (Phi) is 6.71. The molecule has 0 radical (unpaired) electrons. The van der Waals surface area contributed by atoms with E-state index in [9.17, 15) is 9.59 Å². The molecule has 1 aliphatic heterocycles. The number of aryl methyl sites for hydroxylation is 1. The van der Waals surface area contributed by atoms with Crippen LogP contribution in [0.4, 0.5) is 21.0 Å². The van der Waals surface area contributed by atoms with E-state index < -0.39 is 11.2 Å². The first-order chi connectivity index (χ1) is 13.2. The van der Waals surface area contributed by atoms with Crippen LogP contribution in [0.15, 0.2) is 18.2 Å². The molecule has 1 aromatic rings. The molecule has 0 unspecified atom stereocenters. The molecule has 1 aliphatic rings. The molecule has 1 aromatic carbocycles. The summed E-state index contributed by atoms with van der Waals surface area (Å²) in [5.74, 6) is 0. The number of benzene rings is 1. The average molecular weight is 406 g/mol. The van der Waals surface area contributed by atoms with Crippen molar-refractivity contribution in [1.82, 2.24) is 4.90 Å². The maximum absolute atomic E-state index is 12.4. The van der Waals surface area contributed by atoms with Gasteiger partial charge in [0.15, 0.2) is 0 Å². The first-order valence-corrected chi connectivity index (χ1v) is 10.1. The average Bonchev–Trinajstić information content (AvgIpc) is 2.57. The van der Waals surface area contributed by atoms with Gasteiger partial charge in [-0.3, -0.25) is 4.90 Å². The fourth-order valence-electron chi connectivity index (χ4n) is 3.03. The standard InChI is InChI=1S/C22H35N3O4/c1-16-13-17(23(8)19(26)28-21(2,3)4)15-18(14-16)24-9-11-25(12-10-24)20(27)29-22(5,6)7/h13-15H,9-12H2,1-8H3. The van der Waals surface area contributed by atoms with Gasteiger partial charge in [-0.15, -0.1) is 0 Å². The van der Waals surface area contributed by atoms with Crippen LogP contribution in [0.1, 0.15) is 47.1 Å². The molecular formula is C22H35N3O4. The van der Waals surface area contributed by atoms with Gasteiger partial charge in [0.05, 0.1) is 0 Å². The number of rotatable bonds is 2. The van der Waals surface area contributed by atoms with Crippen LogP contribution in [0, 0.1) is 6.92 Å². The molecule has 0 N–H and O–H groups in total. The van der Waals surface area contributed by atoms with Crippen LogP contribution < -0.4 is 9.80 Å². The molecule has 29 heavy (non-hydrogen) atoms. The van der Waals surface area contributed by atoms with E-state index >= 15 is 0 Å². The number of carbonyl (C=O) groups is 2. The Bertz CT molecular complexity index is 741. The summed E-state index contributed by atoms with van der Waals surface area (Å²) in [6.45, 7) is 15.8. The number of hydrogen-bond acceptors (Lipinski definition) is 5. The zero-order chi connectivity index (χ0) is 22.0. The van der Waals surface area contributed by atoms with Crippen molar-refractivity contribution >= 4 is 23.6 Å². The van der Waals surface area contributed by atoms with Crippen molar-refractivity contribution in [3.05, 3.63) is 23.8 Å². The van der Waals surface area contributed by atoms with Gasteiger partial charge < -0.3 is 19.3 Å². The minimum absolute atomic E-state index is 0.272. The Labute approximate surface area is 174 Å². The SMILES string of the molecule is Cc1cc(N2CCN(C(=O)OC(C)(C)C)CC2)cc(N(C)C(=O)OC(C)(C)C)c1. The predicted octanol–water partition coefficient (Wildman–Crippen LogP) is 4.42. The van der Waals surface area contributed by atoms with Crippen molar-refractivity contribution in [2.75, 3.05) is 43.0 Å². The second-order valence-corrected chi connectivity index (χ2v) is 9.52. The highest BCUT2D eigenvalue weighted by molar-refractivity contribution is 5.88. The van der Waals surface area contributed by atoms with Crippen LogP contribution in [0.2, 0.25) is 0 Å². The Morgan fingerprint density at radius 2 is 1.45 bits per heavy atom. The summed E-state index contributed by atoms with van der Waals surface area (Å²) in [5, 5.41) is 0. The third-order valence-electron chi connectivity index (χ3n) is 4.40. The van der Waals surface area contributed by atoms with Crippen LogP contribution in [-0.4, -0.2) is 61.5 Å². The number of carbonyl (C=O) groups excluding carboxylic acids is 2. The lowest BCUT2D eigenvalue weighted by atomic mass is 10.1. The lowest BCUT2D eigenvalue weighted by Gasteiger charge is -2.37. The molecule has 1 heterocycles. The largest absolute Gasteiger partial charge is 0.444 e. The molecule has 2 rings (SSSR count). The first kappa shape index (κ1) is 22.8. The molecule has 0 spiro atoms. The molecule has 2 amide bonds. The van der Waals surface area contributed by atoms with Gasteiger partial charge in [0, 0.05) is 44.6 Å². The highest BCUT2D eigenvalue weighted by atomic mass is 16.6. The molecule has 1 fully saturated rings. The lowest BCUT2D eigenvalue weighted by molar-refractivity contribution is 0.0240. The molecule has 7 heteroatoms. The van der Waals surface area contributed by atoms with E-state index in [0.717, 1.165) is 16.9 Å². The summed E-state index contributed by atoms with van der Waals surface area (Å²) >= 11 is 0. The van der Waals surface area contributed by atoms with Crippen LogP contribution in [0.25, 0.3) is 0 Å². The van der Waals surface area contributed by atoms with E-state index in [1.54, 1.807) is 11.9 Å². The van der Waals surface area contributed by atoms with E-state index in [2.05, 4.69) is 11.0 Å². The lowest BCUT2D eigenvalue weighted by Crippen LogP contribution is -2.50. The molecule has 0 saturated carbocycles. The van der Waals surface area contributed by atoms with Crippen molar-refractivity contribution in [2.24, 2.45) is 0 Å². The normalized spacial score (nSPS) is 15.2. The Hall–Kier alpha value is -2.44. The highest BCUT2D eigenvalue weighted by Gasteiger charge is 2.27. The van der Waals surface area contributed by atoms with E-state index in [1.165, 1.54) is 4.90 Å². The van der Waals surface area contributed by atoms with Crippen LogP contribution >= 0.6 is 0 Å². The molecule has 162 valence electrons. The number of anilines is 2. The van der Waals surface area contributed by atoms with E-state index in [4.69, 9.17) is 9.47 Å². The minimum atomic E-state index is -0.546. The fraction of sp³-hybridized carbons (Fsp3) is 0.636. The summed E-state index contributed by atoms with van der Waals surface area (Å²) < 4.78 is 10.9. The zero-order valence-electron chi connectivity index (χ0n) is 19.0. The smallest absolute Gasteiger partial charge is 0.414 e. The van der Waals surface area contributed by atoms with Gasteiger partial charge in [0.2, 0.25) is 0 Å². The maximum Gasteiger partial charge on any atom is 0.414 e. The molecule has 0 bridgehead atoms. The Morgan fingerprint density at radius 3 is 1.97 bits per heavy atom. The first-order valence-electron chi connectivity index (χ1n) is 10.1. The molecule has 1 saturated heterocycles. The van der Waals surface area contributed by atoms with Crippen molar-refractivity contribution in [2.45, 2.75) is 59.7 Å². The van der Waals surface area contributed by atoms with Crippen molar-refractivity contribution in [3.63, 3.8) is 0 Å². The van der Waals surface area contributed by atoms with Crippen LogP contribution in [-0.2, 0) is 9.47 Å².